The van der Waals surface area contributed by atoms with Crippen molar-refractivity contribution in [1.29, 1.82) is 0 Å². The molecular formula is C20H16BrClN2O4S. The highest BCUT2D eigenvalue weighted by Crippen LogP contribution is 2.31. The molecule has 0 fully saturated rings. The van der Waals surface area contributed by atoms with Crippen LogP contribution < -0.4 is 9.64 Å². The standard InChI is InChI=1S/C20H16BrClN2O4S/c1-12(25)24(15-5-3-4-13(22)8-15)20-23-14(11-29-20)10-28-19(26)17-9-16(27-2)6-7-18(17)21/h3-9,11H,10H2,1-2H3. The summed E-state index contributed by atoms with van der Waals surface area (Å²) >= 11 is 10.6. The smallest absolute Gasteiger partial charge is 0.339 e. The van der Waals surface area contributed by atoms with Gasteiger partial charge in [-0.2, -0.15) is 0 Å². The SMILES string of the molecule is COc1ccc(Br)c(C(=O)OCc2csc(N(C(C)=O)c3cccc(Cl)c3)n2)c1. The van der Waals surface area contributed by atoms with Gasteiger partial charge in [0.15, 0.2) is 5.13 Å². The first-order chi connectivity index (χ1) is 13.9. The predicted molar refractivity (Wildman–Crippen MR) is 116 cm³/mol. The van der Waals surface area contributed by atoms with Gasteiger partial charge < -0.3 is 9.47 Å². The van der Waals surface area contributed by atoms with Crippen LogP contribution in [0.15, 0.2) is 52.3 Å². The fourth-order valence-corrected chi connectivity index (χ4v) is 3.98. The minimum atomic E-state index is -0.511. The average molecular weight is 496 g/mol. The second kappa shape index (κ2) is 9.39. The maximum absolute atomic E-state index is 12.4. The number of anilines is 2. The summed E-state index contributed by atoms with van der Waals surface area (Å²) < 4.78 is 11.1. The Morgan fingerprint density at radius 3 is 2.72 bits per heavy atom. The normalized spacial score (nSPS) is 10.5. The van der Waals surface area contributed by atoms with Crippen LogP contribution in [-0.4, -0.2) is 24.0 Å². The zero-order valence-electron chi connectivity index (χ0n) is 15.5. The Morgan fingerprint density at radius 2 is 2.03 bits per heavy atom. The molecule has 0 aliphatic carbocycles. The lowest BCUT2D eigenvalue weighted by Crippen LogP contribution is -2.22. The summed E-state index contributed by atoms with van der Waals surface area (Å²) in [4.78, 5) is 30.5. The van der Waals surface area contributed by atoms with Crippen LogP contribution in [0.5, 0.6) is 5.75 Å². The Hall–Kier alpha value is -2.42. The quantitative estimate of drug-likeness (QED) is 0.416. The Morgan fingerprint density at radius 1 is 1.24 bits per heavy atom. The lowest BCUT2D eigenvalue weighted by Gasteiger charge is -2.18. The number of esters is 1. The van der Waals surface area contributed by atoms with Gasteiger partial charge in [-0.25, -0.2) is 9.78 Å². The van der Waals surface area contributed by atoms with Crippen LogP contribution in [0, 0.1) is 0 Å². The number of carbonyl (C=O) groups is 2. The number of methoxy groups -OCH3 is 1. The maximum Gasteiger partial charge on any atom is 0.339 e. The van der Waals surface area contributed by atoms with Crippen LogP contribution in [0.3, 0.4) is 0 Å². The molecule has 0 saturated carbocycles. The molecule has 150 valence electrons. The number of nitrogens with zero attached hydrogens (tertiary/aromatic N) is 2. The summed E-state index contributed by atoms with van der Waals surface area (Å²) in [5.74, 6) is -0.163. The van der Waals surface area contributed by atoms with Crippen molar-refractivity contribution in [3.05, 3.63) is 68.6 Å². The Balaban J connectivity index is 1.74. The third-order valence-corrected chi connectivity index (χ3v) is 5.66. The summed E-state index contributed by atoms with van der Waals surface area (Å²) in [5, 5.41) is 2.72. The van der Waals surface area contributed by atoms with E-state index < -0.39 is 5.97 Å². The van der Waals surface area contributed by atoms with E-state index in [9.17, 15) is 9.59 Å². The molecule has 1 aromatic heterocycles. The van der Waals surface area contributed by atoms with Gasteiger partial charge in [0.2, 0.25) is 5.91 Å². The van der Waals surface area contributed by atoms with Gasteiger partial charge in [0.05, 0.1) is 24.1 Å². The van der Waals surface area contributed by atoms with E-state index in [1.54, 1.807) is 47.8 Å². The van der Waals surface area contributed by atoms with Gasteiger partial charge in [-0.05, 0) is 52.3 Å². The number of benzene rings is 2. The highest BCUT2D eigenvalue weighted by Gasteiger charge is 2.19. The number of hydrogen-bond acceptors (Lipinski definition) is 6. The number of halogens is 2. The molecule has 0 aliphatic rings. The van der Waals surface area contributed by atoms with E-state index in [2.05, 4.69) is 20.9 Å². The third-order valence-electron chi connectivity index (χ3n) is 3.86. The molecule has 3 aromatic rings. The second-order valence-corrected chi connectivity index (χ2v) is 8.00. The lowest BCUT2D eigenvalue weighted by atomic mass is 10.2. The minimum absolute atomic E-state index is 0.0275. The Bertz CT molecular complexity index is 1060. The van der Waals surface area contributed by atoms with Crippen molar-refractivity contribution in [3.8, 4) is 5.75 Å². The predicted octanol–water partition coefficient (Wildman–Crippen LogP) is 5.61. The summed E-state index contributed by atoms with van der Waals surface area (Å²) in [6, 6.07) is 12.0. The van der Waals surface area contributed by atoms with Crippen molar-refractivity contribution in [1.82, 2.24) is 4.98 Å². The van der Waals surface area contributed by atoms with E-state index in [1.165, 1.54) is 30.3 Å². The monoisotopic (exact) mass is 494 g/mol. The first-order valence-corrected chi connectivity index (χ1v) is 10.5. The number of ether oxygens (including phenoxy) is 2. The fraction of sp³-hybridized carbons (Fsp3) is 0.150. The number of aromatic nitrogens is 1. The molecule has 1 amide bonds. The molecule has 0 unspecified atom stereocenters. The highest BCUT2D eigenvalue weighted by molar-refractivity contribution is 9.10. The van der Waals surface area contributed by atoms with Gasteiger partial charge in [0.25, 0.3) is 0 Å². The van der Waals surface area contributed by atoms with Crippen molar-refractivity contribution < 1.29 is 19.1 Å². The number of thiazole rings is 1. The summed E-state index contributed by atoms with van der Waals surface area (Å²) in [5.41, 5.74) is 1.50. The Labute approximate surface area is 185 Å². The minimum Gasteiger partial charge on any atom is -0.497 e. The fourth-order valence-electron chi connectivity index (χ4n) is 2.51. The van der Waals surface area contributed by atoms with Crippen molar-refractivity contribution in [2.75, 3.05) is 12.0 Å². The van der Waals surface area contributed by atoms with E-state index in [0.29, 0.717) is 37.3 Å². The maximum atomic E-state index is 12.4. The van der Waals surface area contributed by atoms with E-state index >= 15 is 0 Å². The molecule has 2 aromatic carbocycles. The van der Waals surface area contributed by atoms with Crippen LogP contribution in [0.25, 0.3) is 0 Å². The summed E-state index contributed by atoms with van der Waals surface area (Å²) in [6.07, 6.45) is 0. The van der Waals surface area contributed by atoms with E-state index in [-0.39, 0.29) is 12.5 Å². The first-order valence-electron chi connectivity index (χ1n) is 8.40. The van der Waals surface area contributed by atoms with E-state index in [1.807, 2.05) is 0 Å². The van der Waals surface area contributed by atoms with Gasteiger partial charge in [0.1, 0.15) is 12.4 Å². The van der Waals surface area contributed by atoms with Crippen molar-refractivity contribution in [2.24, 2.45) is 0 Å². The second-order valence-electron chi connectivity index (χ2n) is 5.88. The molecule has 0 spiro atoms. The van der Waals surface area contributed by atoms with Crippen LogP contribution in [0.2, 0.25) is 5.02 Å². The molecule has 0 radical (unpaired) electrons. The zero-order valence-corrected chi connectivity index (χ0v) is 18.7. The van der Waals surface area contributed by atoms with Crippen molar-refractivity contribution in [3.63, 3.8) is 0 Å². The van der Waals surface area contributed by atoms with Gasteiger partial charge in [0, 0.05) is 21.8 Å². The summed E-state index contributed by atoms with van der Waals surface area (Å²) in [7, 11) is 1.52. The van der Waals surface area contributed by atoms with E-state index in [0.717, 1.165) is 0 Å². The molecule has 29 heavy (non-hydrogen) atoms. The summed E-state index contributed by atoms with van der Waals surface area (Å²) in [6.45, 7) is 1.42. The molecule has 1 heterocycles. The number of hydrogen-bond donors (Lipinski definition) is 0. The highest BCUT2D eigenvalue weighted by atomic mass is 79.9. The molecule has 3 rings (SSSR count). The molecule has 9 heteroatoms. The molecule has 0 N–H and O–H groups in total. The lowest BCUT2D eigenvalue weighted by molar-refractivity contribution is -0.115. The van der Waals surface area contributed by atoms with Gasteiger partial charge >= 0.3 is 5.97 Å². The van der Waals surface area contributed by atoms with Crippen LogP contribution in [-0.2, 0) is 16.1 Å². The third kappa shape index (κ3) is 5.14. The van der Waals surface area contributed by atoms with Gasteiger partial charge in [-0.15, -0.1) is 11.3 Å². The number of rotatable bonds is 6. The molecule has 6 nitrogen and oxygen atoms in total. The van der Waals surface area contributed by atoms with Crippen LogP contribution in [0.4, 0.5) is 10.8 Å². The van der Waals surface area contributed by atoms with Crippen LogP contribution >= 0.6 is 38.9 Å². The first kappa shape index (κ1) is 21.3. The molecule has 0 aliphatic heterocycles. The zero-order chi connectivity index (χ0) is 21.0. The van der Waals surface area contributed by atoms with Crippen molar-refractivity contribution >= 4 is 61.6 Å². The Kier molecular flexibility index (Phi) is 6.89. The van der Waals surface area contributed by atoms with E-state index in [4.69, 9.17) is 21.1 Å². The molecule has 0 bridgehead atoms. The molecule has 0 saturated heterocycles. The molecular weight excluding hydrogens is 480 g/mol. The van der Waals surface area contributed by atoms with Gasteiger partial charge in [-0.3, -0.25) is 9.69 Å². The topological polar surface area (TPSA) is 68.7 Å². The van der Waals surface area contributed by atoms with Gasteiger partial charge in [-0.1, -0.05) is 17.7 Å². The number of carbonyl (C=O) groups excluding carboxylic acids is 2. The largest absolute Gasteiger partial charge is 0.497 e. The molecule has 0 atom stereocenters. The average Bonchev–Trinajstić information content (AvgIpc) is 3.15. The van der Waals surface area contributed by atoms with Crippen molar-refractivity contribution in [2.45, 2.75) is 13.5 Å². The number of amides is 1. The van der Waals surface area contributed by atoms with Crippen LogP contribution in [0.1, 0.15) is 23.0 Å².